The van der Waals surface area contributed by atoms with Gasteiger partial charge in [0.15, 0.2) is 0 Å². The van der Waals surface area contributed by atoms with Gasteiger partial charge in [0, 0.05) is 19.1 Å². The third-order valence-electron chi connectivity index (χ3n) is 4.56. The fourth-order valence-corrected chi connectivity index (χ4v) is 4.90. The van der Waals surface area contributed by atoms with Crippen molar-refractivity contribution in [2.75, 3.05) is 18.8 Å². The summed E-state index contributed by atoms with van der Waals surface area (Å²) in [5, 5.41) is 0. The van der Waals surface area contributed by atoms with E-state index in [1.165, 1.54) is 19.3 Å². The van der Waals surface area contributed by atoms with Gasteiger partial charge in [-0.05, 0) is 31.1 Å². The lowest BCUT2D eigenvalue weighted by atomic mass is 9.84. The molecule has 4 nitrogen and oxygen atoms in total. The minimum atomic E-state index is -3.09. The number of hydrogen-bond donors (Lipinski definition) is 1. The molecule has 2 fully saturated rings. The van der Waals surface area contributed by atoms with E-state index in [9.17, 15) is 8.42 Å². The summed E-state index contributed by atoms with van der Waals surface area (Å²) >= 11 is 0. The fraction of sp³-hybridized carbons (Fsp3) is 1.00. The number of hydrogen-bond acceptors (Lipinski definition) is 3. The first-order valence-corrected chi connectivity index (χ1v) is 8.83. The molecule has 18 heavy (non-hydrogen) atoms. The van der Waals surface area contributed by atoms with Crippen LogP contribution in [0.25, 0.3) is 0 Å². The first-order valence-electron chi connectivity index (χ1n) is 7.22. The van der Waals surface area contributed by atoms with Crippen molar-refractivity contribution in [1.29, 1.82) is 0 Å². The highest BCUT2D eigenvalue weighted by Crippen LogP contribution is 2.31. The van der Waals surface area contributed by atoms with Crippen molar-refractivity contribution in [1.82, 2.24) is 4.31 Å². The molecule has 0 spiro atoms. The average molecular weight is 274 g/mol. The van der Waals surface area contributed by atoms with E-state index in [2.05, 4.69) is 6.92 Å². The molecular weight excluding hydrogens is 248 g/mol. The van der Waals surface area contributed by atoms with Crippen molar-refractivity contribution in [2.24, 2.45) is 17.6 Å². The quantitative estimate of drug-likeness (QED) is 0.827. The van der Waals surface area contributed by atoms with Crippen LogP contribution in [0, 0.1) is 11.8 Å². The predicted octanol–water partition coefficient (Wildman–Crippen LogP) is 1.57. The number of nitrogens with two attached hydrogens (primary N) is 1. The smallest absolute Gasteiger partial charge is 0.214 e. The van der Waals surface area contributed by atoms with Gasteiger partial charge in [-0.25, -0.2) is 8.42 Å². The number of rotatable bonds is 5. The monoisotopic (exact) mass is 274 g/mol. The lowest BCUT2D eigenvalue weighted by Crippen LogP contribution is -2.50. The summed E-state index contributed by atoms with van der Waals surface area (Å²) in [5.74, 6) is 1.57. The Kier molecular flexibility index (Phi) is 4.67. The van der Waals surface area contributed by atoms with E-state index < -0.39 is 10.0 Å². The zero-order valence-electron chi connectivity index (χ0n) is 11.3. The molecule has 1 saturated carbocycles. The second-order valence-electron chi connectivity index (χ2n) is 6.03. The summed E-state index contributed by atoms with van der Waals surface area (Å²) in [4.78, 5) is 0. The Morgan fingerprint density at radius 1 is 1.28 bits per heavy atom. The molecule has 1 aliphatic heterocycles. The van der Waals surface area contributed by atoms with Crippen LogP contribution in [-0.2, 0) is 10.0 Å². The van der Waals surface area contributed by atoms with Crippen LogP contribution in [-0.4, -0.2) is 37.6 Å². The minimum absolute atomic E-state index is 0.0279. The van der Waals surface area contributed by atoms with Gasteiger partial charge in [0.2, 0.25) is 10.0 Å². The molecule has 0 aromatic rings. The third kappa shape index (κ3) is 3.25. The van der Waals surface area contributed by atoms with E-state index in [0.717, 1.165) is 19.3 Å². The SMILES string of the molecule is CC1CCN(S(=O)(=O)CCC2CCC2)C(CN)C1. The molecule has 2 aliphatic rings. The van der Waals surface area contributed by atoms with Crippen molar-refractivity contribution in [3.8, 4) is 0 Å². The second kappa shape index (κ2) is 5.88. The van der Waals surface area contributed by atoms with Crippen molar-refractivity contribution in [3.63, 3.8) is 0 Å². The molecule has 0 radical (unpaired) electrons. The molecule has 1 saturated heterocycles. The summed E-state index contributed by atoms with van der Waals surface area (Å²) in [6.07, 6.45) is 6.43. The highest BCUT2D eigenvalue weighted by Gasteiger charge is 2.34. The Labute approximate surface area is 111 Å². The molecule has 0 aromatic heterocycles. The maximum atomic E-state index is 12.4. The molecule has 2 rings (SSSR count). The molecule has 2 unspecified atom stereocenters. The van der Waals surface area contributed by atoms with Crippen LogP contribution in [0.3, 0.4) is 0 Å². The van der Waals surface area contributed by atoms with E-state index in [4.69, 9.17) is 5.73 Å². The number of nitrogens with zero attached hydrogens (tertiary/aromatic N) is 1. The van der Waals surface area contributed by atoms with Crippen LogP contribution >= 0.6 is 0 Å². The molecular formula is C13H26N2O2S. The van der Waals surface area contributed by atoms with E-state index in [-0.39, 0.29) is 6.04 Å². The highest BCUT2D eigenvalue weighted by molar-refractivity contribution is 7.89. The van der Waals surface area contributed by atoms with Gasteiger partial charge in [-0.15, -0.1) is 0 Å². The first kappa shape index (κ1) is 14.3. The van der Waals surface area contributed by atoms with Crippen LogP contribution in [0.4, 0.5) is 0 Å². The average Bonchev–Trinajstić information content (AvgIpc) is 2.26. The molecule has 5 heteroatoms. The molecule has 2 atom stereocenters. The largest absolute Gasteiger partial charge is 0.329 e. The van der Waals surface area contributed by atoms with Gasteiger partial charge in [0.1, 0.15) is 0 Å². The molecule has 106 valence electrons. The Balaban J connectivity index is 1.93. The summed E-state index contributed by atoms with van der Waals surface area (Å²) in [5.41, 5.74) is 5.74. The maximum Gasteiger partial charge on any atom is 0.214 e. The van der Waals surface area contributed by atoms with Gasteiger partial charge in [-0.2, -0.15) is 4.31 Å². The molecule has 1 heterocycles. The van der Waals surface area contributed by atoms with E-state index >= 15 is 0 Å². The van der Waals surface area contributed by atoms with Gasteiger partial charge in [-0.1, -0.05) is 26.2 Å². The molecule has 0 amide bonds. The van der Waals surface area contributed by atoms with Gasteiger partial charge in [0.05, 0.1) is 5.75 Å². The zero-order valence-corrected chi connectivity index (χ0v) is 12.2. The van der Waals surface area contributed by atoms with Crippen molar-refractivity contribution >= 4 is 10.0 Å². The topological polar surface area (TPSA) is 63.4 Å². The van der Waals surface area contributed by atoms with Gasteiger partial charge < -0.3 is 5.73 Å². The van der Waals surface area contributed by atoms with Crippen molar-refractivity contribution in [2.45, 2.75) is 51.5 Å². The van der Waals surface area contributed by atoms with Crippen molar-refractivity contribution < 1.29 is 8.42 Å². The van der Waals surface area contributed by atoms with E-state index in [1.807, 2.05) is 0 Å². The van der Waals surface area contributed by atoms with Crippen LogP contribution in [0.5, 0.6) is 0 Å². The van der Waals surface area contributed by atoms with E-state index in [0.29, 0.717) is 30.7 Å². The summed E-state index contributed by atoms with van der Waals surface area (Å²) in [7, 11) is -3.09. The second-order valence-corrected chi connectivity index (χ2v) is 8.07. The highest BCUT2D eigenvalue weighted by atomic mass is 32.2. The Hall–Kier alpha value is -0.130. The molecule has 1 aliphatic carbocycles. The fourth-order valence-electron chi connectivity index (χ4n) is 3.02. The Morgan fingerprint density at radius 3 is 2.56 bits per heavy atom. The van der Waals surface area contributed by atoms with Gasteiger partial charge >= 0.3 is 0 Å². The minimum Gasteiger partial charge on any atom is -0.329 e. The van der Waals surface area contributed by atoms with Gasteiger partial charge in [0.25, 0.3) is 0 Å². The first-order chi connectivity index (χ1) is 8.53. The zero-order chi connectivity index (χ0) is 13.2. The van der Waals surface area contributed by atoms with Gasteiger partial charge in [-0.3, -0.25) is 0 Å². The number of sulfonamides is 1. The van der Waals surface area contributed by atoms with Crippen LogP contribution in [0.15, 0.2) is 0 Å². The summed E-state index contributed by atoms with van der Waals surface area (Å²) in [6, 6.07) is 0.0279. The molecule has 2 N–H and O–H groups in total. The molecule has 0 aromatic carbocycles. The Bertz CT molecular complexity index is 365. The maximum absolute atomic E-state index is 12.4. The van der Waals surface area contributed by atoms with Crippen LogP contribution < -0.4 is 5.73 Å². The van der Waals surface area contributed by atoms with Crippen LogP contribution in [0.1, 0.15) is 45.4 Å². The summed E-state index contributed by atoms with van der Waals surface area (Å²) in [6.45, 7) is 3.30. The standard InChI is InChI=1S/C13H26N2O2S/c1-11-5-7-15(13(9-11)10-14)18(16,17)8-6-12-3-2-4-12/h11-13H,2-10,14H2,1H3. The van der Waals surface area contributed by atoms with E-state index in [1.54, 1.807) is 4.31 Å². The normalized spacial score (nSPS) is 31.2. The number of piperidine rings is 1. The lowest BCUT2D eigenvalue weighted by molar-refractivity contribution is 0.210. The predicted molar refractivity (Wildman–Crippen MR) is 73.7 cm³/mol. The third-order valence-corrected chi connectivity index (χ3v) is 6.51. The summed E-state index contributed by atoms with van der Waals surface area (Å²) < 4.78 is 26.4. The Morgan fingerprint density at radius 2 is 2.00 bits per heavy atom. The lowest BCUT2D eigenvalue weighted by Gasteiger charge is -2.37. The molecule has 0 bridgehead atoms. The van der Waals surface area contributed by atoms with Crippen LogP contribution in [0.2, 0.25) is 0 Å². The van der Waals surface area contributed by atoms with Crippen molar-refractivity contribution in [3.05, 3.63) is 0 Å².